The summed E-state index contributed by atoms with van der Waals surface area (Å²) in [5.41, 5.74) is 3.25. The van der Waals surface area contributed by atoms with E-state index in [9.17, 15) is 4.79 Å². The van der Waals surface area contributed by atoms with Crippen LogP contribution in [0.2, 0.25) is 0 Å². The molecule has 0 bridgehead atoms. The lowest BCUT2D eigenvalue weighted by Crippen LogP contribution is -2.12. The van der Waals surface area contributed by atoms with Crippen LogP contribution in [0.15, 0.2) is 52.6 Å². The molecular formula is C17H19NO2. The van der Waals surface area contributed by atoms with Gasteiger partial charge in [-0.25, -0.2) is 0 Å². The van der Waals surface area contributed by atoms with Crippen molar-refractivity contribution < 1.29 is 9.21 Å². The molecule has 20 heavy (non-hydrogen) atoms. The highest BCUT2D eigenvalue weighted by molar-refractivity contribution is 6.02. The first-order valence-corrected chi connectivity index (χ1v) is 6.63. The van der Waals surface area contributed by atoms with E-state index >= 15 is 0 Å². The van der Waals surface area contributed by atoms with Gasteiger partial charge in [0.15, 0.2) is 5.76 Å². The largest absolute Gasteiger partial charge is 0.458 e. The number of hydrogen-bond donors (Lipinski definition) is 1. The summed E-state index contributed by atoms with van der Waals surface area (Å²) in [6.07, 6.45) is 1.56. The van der Waals surface area contributed by atoms with Gasteiger partial charge in [0.2, 0.25) is 5.78 Å². The number of ketones is 1. The molecule has 104 valence electrons. The van der Waals surface area contributed by atoms with Gasteiger partial charge in [-0.05, 0) is 38.5 Å². The van der Waals surface area contributed by atoms with Crippen LogP contribution in [0, 0.1) is 13.8 Å². The first kappa shape index (κ1) is 14.1. The fourth-order valence-electron chi connectivity index (χ4n) is 1.83. The third-order valence-corrected chi connectivity index (χ3v) is 3.02. The molecule has 0 unspecified atom stereocenters. The van der Waals surface area contributed by atoms with E-state index in [2.05, 4.69) is 36.5 Å². The average Bonchev–Trinajstić information content (AvgIpc) is 2.85. The van der Waals surface area contributed by atoms with E-state index in [4.69, 9.17) is 4.42 Å². The molecule has 0 atom stereocenters. The second-order valence-electron chi connectivity index (χ2n) is 4.94. The number of hydrogen-bond acceptors (Lipinski definition) is 3. The van der Waals surface area contributed by atoms with Crippen LogP contribution in [0.25, 0.3) is 0 Å². The van der Waals surface area contributed by atoms with Crippen molar-refractivity contribution in [1.29, 1.82) is 0 Å². The smallest absolute Gasteiger partial charge is 0.222 e. The predicted octanol–water partition coefficient (Wildman–Crippen LogP) is 3.77. The maximum absolute atomic E-state index is 11.9. The SMILES string of the molecule is C/C(=C\C(=O)c1ccc(C)o1)NCc1ccc(C)cc1. The van der Waals surface area contributed by atoms with Crippen LogP contribution in [-0.4, -0.2) is 5.78 Å². The Morgan fingerprint density at radius 2 is 1.85 bits per heavy atom. The highest BCUT2D eigenvalue weighted by Crippen LogP contribution is 2.09. The zero-order valence-corrected chi connectivity index (χ0v) is 12.1. The summed E-state index contributed by atoms with van der Waals surface area (Å²) in [6, 6.07) is 11.8. The summed E-state index contributed by atoms with van der Waals surface area (Å²) in [5, 5.41) is 3.22. The van der Waals surface area contributed by atoms with Gasteiger partial charge in [0.25, 0.3) is 0 Å². The monoisotopic (exact) mass is 269 g/mol. The zero-order chi connectivity index (χ0) is 14.5. The van der Waals surface area contributed by atoms with Crippen molar-refractivity contribution >= 4 is 5.78 Å². The molecule has 0 fully saturated rings. The van der Waals surface area contributed by atoms with Crippen molar-refractivity contribution in [3.63, 3.8) is 0 Å². The number of allylic oxidation sites excluding steroid dienone is 2. The lowest BCUT2D eigenvalue weighted by molar-refractivity contribution is 0.101. The summed E-state index contributed by atoms with van der Waals surface area (Å²) >= 11 is 0. The molecule has 1 N–H and O–H groups in total. The number of aryl methyl sites for hydroxylation is 2. The third kappa shape index (κ3) is 3.85. The van der Waals surface area contributed by atoms with Crippen molar-refractivity contribution in [2.24, 2.45) is 0 Å². The van der Waals surface area contributed by atoms with Gasteiger partial charge in [-0.2, -0.15) is 0 Å². The maximum Gasteiger partial charge on any atom is 0.222 e. The highest BCUT2D eigenvalue weighted by Gasteiger charge is 2.07. The molecule has 0 spiro atoms. The minimum absolute atomic E-state index is 0.119. The quantitative estimate of drug-likeness (QED) is 0.663. The normalized spacial score (nSPS) is 11.4. The Hall–Kier alpha value is -2.29. The molecule has 0 amide bonds. The molecule has 2 rings (SSSR count). The Bertz CT molecular complexity index is 621. The maximum atomic E-state index is 11.9. The summed E-state index contributed by atoms with van der Waals surface area (Å²) < 4.78 is 5.30. The third-order valence-electron chi connectivity index (χ3n) is 3.02. The van der Waals surface area contributed by atoms with Crippen molar-refractivity contribution in [3.05, 3.63) is 70.8 Å². The van der Waals surface area contributed by atoms with Crippen LogP contribution in [0.5, 0.6) is 0 Å². The first-order valence-electron chi connectivity index (χ1n) is 6.63. The number of furan rings is 1. The molecule has 0 radical (unpaired) electrons. The van der Waals surface area contributed by atoms with Crippen LogP contribution in [-0.2, 0) is 6.54 Å². The molecule has 0 saturated heterocycles. The first-order chi connectivity index (χ1) is 9.54. The van der Waals surface area contributed by atoms with Crippen molar-refractivity contribution in [1.82, 2.24) is 5.32 Å². The molecule has 0 aliphatic carbocycles. The molecule has 2 aromatic rings. The molecule has 0 aliphatic heterocycles. The van der Waals surface area contributed by atoms with Crippen molar-refractivity contribution in [2.75, 3.05) is 0 Å². The van der Waals surface area contributed by atoms with Gasteiger partial charge in [-0.1, -0.05) is 29.8 Å². The summed E-state index contributed by atoms with van der Waals surface area (Å²) in [4.78, 5) is 11.9. The van der Waals surface area contributed by atoms with E-state index in [0.29, 0.717) is 12.3 Å². The van der Waals surface area contributed by atoms with Crippen LogP contribution in [0.4, 0.5) is 0 Å². The van der Waals surface area contributed by atoms with Crippen LogP contribution in [0.1, 0.15) is 34.4 Å². The van der Waals surface area contributed by atoms with Gasteiger partial charge >= 0.3 is 0 Å². The molecule has 1 aromatic carbocycles. The molecule has 3 nitrogen and oxygen atoms in total. The minimum Gasteiger partial charge on any atom is -0.458 e. The topological polar surface area (TPSA) is 42.2 Å². The Labute approximate surface area is 119 Å². The zero-order valence-electron chi connectivity index (χ0n) is 12.1. The Morgan fingerprint density at radius 1 is 1.15 bits per heavy atom. The van der Waals surface area contributed by atoms with Gasteiger partial charge in [0.1, 0.15) is 5.76 Å². The lowest BCUT2D eigenvalue weighted by atomic mass is 10.1. The standard InChI is InChI=1S/C17H19NO2/c1-12-4-7-15(8-5-12)11-18-13(2)10-16(19)17-9-6-14(3)20-17/h4-10,18H,11H2,1-3H3/b13-10+. The number of benzene rings is 1. The second kappa shape index (κ2) is 6.24. The van der Waals surface area contributed by atoms with E-state index in [1.54, 1.807) is 18.2 Å². The lowest BCUT2D eigenvalue weighted by Gasteiger charge is -2.06. The van der Waals surface area contributed by atoms with Gasteiger partial charge in [0, 0.05) is 18.3 Å². The van der Waals surface area contributed by atoms with E-state index < -0.39 is 0 Å². The molecule has 0 aliphatic rings. The molecule has 0 saturated carbocycles. The Balaban J connectivity index is 1.94. The van der Waals surface area contributed by atoms with Crippen molar-refractivity contribution in [2.45, 2.75) is 27.3 Å². The Morgan fingerprint density at radius 3 is 2.45 bits per heavy atom. The highest BCUT2D eigenvalue weighted by atomic mass is 16.3. The van der Waals surface area contributed by atoms with Crippen LogP contribution in [0.3, 0.4) is 0 Å². The van der Waals surface area contributed by atoms with Gasteiger partial charge < -0.3 is 9.73 Å². The van der Waals surface area contributed by atoms with Crippen LogP contribution < -0.4 is 5.32 Å². The fraction of sp³-hybridized carbons (Fsp3) is 0.235. The number of carbonyl (C=O) groups excluding carboxylic acids is 1. The molecule has 1 aromatic heterocycles. The molecular weight excluding hydrogens is 250 g/mol. The van der Waals surface area contributed by atoms with Gasteiger partial charge in [0.05, 0.1) is 0 Å². The predicted molar refractivity (Wildman–Crippen MR) is 79.6 cm³/mol. The minimum atomic E-state index is -0.119. The molecule has 1 heterocycles. The summed E-state index contributed by atoms with van der Waals surface area (Å²) in [6.45, 7) is 6.46. The second-order valence-corrected chi connectivity index (χ2v) is 4.94. The van der Waals surface area contributed by atoms with Crippen LogP contribution >= 0.6 is 0 Å². The summed E-state index contributed by atoms with van der Waals surface area (Å²) in [5.74, 6) is 0.998. The van der Waals surface area contributed by atoms with E-state index in [0.717, 1.165) is 11.5 Å². The average molecular weight is 269 g/mol. The van der Waals surface area contributed by atoms with Crippen molar-refractivity contribution in [3.8, 4) is 0 Å². The molecule has 3 heteroatoms. The van der Waals surface area contributed by atoms with Gasteiger partial charge in [-0.3, -0.25) is 4.79 Å². The van der Waals surface area contributed by atoms with E-state index in [1.165, 1.54) is 11.1 Å². The van der Waals surface area contributed by atoms with Gasteiger partial charge in [-0.15, -0.1) is 0 Å². The number of carbonyl (C=O) groups is 1. The Kier molecular flexibility index (Phi) is 4.41. The fourth-order valence-corrected chi connectivity index (χ4v) is 1.83. The summed E-state index contributed by atoms with van der Waals surface area (Å²) in [7, 11) is 0. The van der Waals surface area contributed by atoms with E-state index in [-0.39, 0.29) is 5.78 Å². The number of nitrogens with one attached hydrogen (secondary N) is 1. The van der Waals surface area contributed by atoms with E-state index in [1.807, 2.05) is 13.8 Å². The number of rotatable bonds is 5.